The summed E-state index contributed by atoms with van der Waals surface area (Å²) in [7, 11) is 0. The van der Waals surface area contributed by atoms with Crippen LogP contribution in [0.25, 0.3) is 0 Å². The van der Waals surface area contributed by atoms with Gasteiger partial charge in [-0.3, -0.25) is 0 Å². The molecule has 0 bridgehead atoms. The van der Waals surface area contributed by atoms with E-state index >= 15 is 0 Å². The highest BCUT2D eigenvalue weighted by Crippen LogP contribution is 2.35. The van der Waals surface area contributed by atoms with Crippen molar-refractivity contribution in [2.75, 3.05) is 0 Å². The Labute approximate surface area is 78.0 Å². The second-order valence-electron chi connectivity index (χ2n) is 2.86. The molecule has 0 aliphatic carbocycles. The number of alkyl halides is 3. The molecule has 0 amide bonds. The van der Waals surface area contributed by atoms with Crippen LogP contribution in [0.5, 0.6) is 0 Å². The van der Waals surface area contributed by atoms with E-state index in [9.17, 15) is 17.6 Å². The quantitative estimate of drug-likeness (QED) is 0.703. The SMILES string of the molecule is Cc1c(F)ccc(CO)c1C(F)(F)F. The van der Waals surface area contributed by atoms with Gasteiger partial charge in [0.2, 0.25) is 0 Å². The number of rotatable bonds is 1. The molecule has 14 heavy (non-hydrogen) atoms. The largest absolute Gasteiger partial charge is 0.417 e. The standard InChI is InChI=1S/C9H8F4O/c1-5-7(10)3-2-6(4-14)8(5)9(11,12)13/h2-3,14H,4H2,1H3. The van der Waals surface area contributed by atoms with Gasteiger partial charge in [0.05, 0.1) is 12.2 Å². The smallest absolute Gasteiger partial charge is 0.392 e. The maximum atomic E-state index is 12.8. The van der Waals surface area contributed by atoms with Crippen LogP contribution in [0.4, 0.5) is 17.6 Å². The molecule has 0 aliphatic heterocycles. The second kappa shape index (κ2) is 3.57. The van der Waals surface area contributed by atoms with Crippen molar-refractivity contribution in [2.24, 2.45) is 0 Å². The molecular formula is C9H8F4O. The summed E-state index contributed by atoms with van der Waals surface area (Å²) in [6, 6.07) is 1.85. The zero-order chi connectivity index (χ0) is 10.9. The van der Waals surface area contributed by atoms with Crippen LogP contribution in [0.1, 0.15) is 16.7 Å². The van der Waals surface area contributed by atoms with Gasteiger partial charge < -0.3 is 5.11 Å². The molecule has 0 saturated carbocycles. The summed E-state index contributed by atoms with van der Waals surface area (Å²) in [6.45, 7) is 0.285. The van der Waals surface area contributed by atoms with E-state index in [-0.39, 0.29) is 5.56 Å². The monoisotopic (exact) mass is 208 g/mol. The molecule has 1 aromatic rings. The third kappa shape index (κ3) is 1.87. The number of hydrogen-bond acceptors (Lipinski definition) is 1. The maximum absolute atomic E-state index is 12.8. The fraction of sp³-hybridized carbons (Fsp3) is 0.333. The Morgan fingerprint density at radius 3 is 2.29 bits per heavy atom. The van der Waals surface area contributed by atoms with E-state index in [0.29, 0.717) is 0 Å². The van der Waals surface area contributed by atoms with E-state index in [4.69, 9.17) is 5.11 Å². The third-order valence-electron chi connectivity index (χ3n) is 1.94. The van der Waals surface area contributed by atoms with Crippen LogP contribution < -0.4 is 0 Å². The Kier molecular flexibility index (Phi) is 2.80. The van der Waals surface area contributed by atoms with Crippen LogP contribution in [0.2, 0.25) is 0 Å². The van der Waals surface area contributed by atoms with Crippen LogP contribution in [0.15, 0.2) is 12.1 Å². The lowest BCUT2D eigenvalue weighted by atomic mass is 10.0. The van der Waals surface area contributed by atoms with Gasteiger partial charge in [0.25, 0.3) is 0 Å². The molecule has 0 heterocycles. The Balaban J connectivity index is 3.44. The second-order valence-corrected chi connectivity index (χ2v) is 2.86. The maximum Gasteiger partial charge on any atom is 0.417 e. The van der Waals surface area contributed by atoms with Crippen LogP contribution in [0.3, 0.4) is 0 Å². The Morgan fingerprint density at radius 2 is 1.86 bits per heavy atom. The van der Waals surface area contributed by atoms with Gasteiger partial charge in [0.15, 0.2) is 0 Å². The first-order valence-corrected chi connectivity index (χ1v) is 3.84. The molecule has 1 aromatic carbocycles. The number of aliphatic hydroxyl groups excluding tert-OH is 1. The highest BCUT2D eigenvalue weighted by Gasteiger charge is 2.35. The lowest BCUT2D eigenvalue weighted by Crippen LogP contribution is -2.12. The molecular weight excluding hydrogens is 200 g/mol. The molecule has 78 valence electrons. The Bertz CT molecular complexity index is 343. The first-order chi connectivity index (χ1) is 6.38. The van der Waals surface area contributed by atoms with Crippen LogP contribution in [0, 0.1) is 12.7 Å². The van der Waals surface area contributed by atoms with Crippen molar-refractivity contribution in [3.63, 3.8) is 0 Å². The van der Waals surface area contributed by atoms with Gasteiger partial charge >= 0.3 is 6.18 Å². The molecule has 0 atom stereocenters. The molecule has 1 rings (SSSR count). The van der Waals surface area contributed by atoms with Crippen molar-refractivity contribution in [3.05, 3.63) is 34.6 Å². The van der Waals surface area contributed by atoms with Gasteiger partial charge in [-0.1, -0.05) is 6.07 Å². The number of aliphatic hydroxyl groups is 1. The number of halogens is 4. The molecule has 0 aromatic heterocycles. The minimum absolute atomic E-state index is 0.309. The molecule has 0 radical (unpaired) electrons. The lowest BCUT2D eigenvalue weighted by Gasteiger charge is -2.14. The Hall–Kier alpha value is -1.10. The van der Waals surface area contributed by atoms with Gasteiger partial charge in [0, 0.05) is 0 Å². The third-order valence-corrected chi connectivity index (χ3v) is 1.94. The van der Waals surface area contributed by atoms with Gasteiger partial charge in [0.1, 0.15) is 5.82 Å². The highest BCUT2D eigenvalue weighted by molar-refractivity contribution is 5.37. The van der Waals surface area contributed by atoms with Gasteiger partial charge in [-0.15, -0.1) is 0 Å². The van der Waals surface area contributed by atoms with Crippen LogP contribution in [-0.2, 0) is 12.8 Å². The molecule has 1 N–H and O–H groups in total. The van der Waals surface area contributed by atoms with Gasteiger partial charge in [-0.25, -0.2) is 4.39 Å². The normalized spacial score (nSPS) is 11.9. The lowest BCUT2D eigenvalue weighted by molar-refractivity contribution is -0.139. The summed E-state index contributed by atoms with van der Waals surface area (Å²) < 4.78 is 50.0. The van der Waals surface area contributed by atoms with E-state index in [1.165, 1.54) is 0 Å². The van der Waals surface area contributed by atoms with E-state index in [2.05, 4.69) is 0 Å². The zero-order valence-electron chi connectivity index (χ0n) is 7.32. The fourth-order valence-corrected chi connectivity index (χ4v) is 1.27. The topological polar surface area (TPSA) is 20.2 Å². The summed E-state index contributed by atoms with van der Waals surface area (Å²) in [5.74, 6) is -0.922. The molecule has 0 unspecified atom stereocenters. The highest BCUT2D eigenvalue weighted by atomic mass is 19.4. The van der Waals surface area contributed by atoms with Gasteiger partial charge in [-0.05, 0) is 24.1 Å². The van der Waals surface area contributed by atoms with Crippen LogP contribution >= 0.6 is 0 Å². The van der Waals surface area contributed by atoms with Crippen molar-refractivity contribution < 1.29 is 22.7 Å². The molecule has 0 aliphatic rings. The average Bonchev–Trinajstić information content (AvgIpc) is 2.07. The van der Waals surface area contributed by atoms with Crippen molar-refractivity contribution in [3.8, 4) is 0 Å². The van der Waals surface area contributed by atoms with Crippen molar-refractivity contribution in [1.29, 1.82) is 0 Å². The summed E-state index contributed by atoms with van der Waals surface area (Å²) >= 11 is 0. The molecule has 0 saturated heterocycles. The molecule has 0 spiro atoms. The first kappa shape index (κ1) is 11.0. The number of hydrogen-bond donors (Lipinski definition) is 1. The first-order valence-electron chi connectivity index (χ1n) is 3.84. The molecule has 1 nitrogen and oxygen atoms in total. The average molecular weight is 208 g/mol. The van der Waals surface area contributed by atoms with Crippen LogP contribution in [-0.4, -0.2) is 5.11 Å². The minimum atomic E-state index is -4.63. The summed E-state index contributed by atoms with van der Waals surface area (Å²) in [5.41, 5.74) is -1.87. The summed E-state index contributed by atoms with van der Waals surface area (Å²) in [4.78, 5) is 0. The Morgan fingerprint density at radius 1 is 1.29 bits per heavy atom. The predicted octanol–water partition coefficient (Wildman–Crippen LogP) is 2.65. The number of benzene rings is 1. The minimum Gasteiger partial charge on any atom is -0.392 e. The predicted molar refractivity (Wildman–Crippen MR) is 42.1 cm³/mol. The van der Waals surface area contributed by atoms with E-state index in [0.717, 1.165) is 19.1 Å². The van der Waals surface area contributed by atoms with Gasteiger partial charge in [-0.2, -0.15) is 13.2 Å². The summed E-state index contributed by atoms with van der Waals surface area (Å²) in [5, 5.41) is 8.67. The fourth-order valence-electron chi connectivity index (χ4n) is 1.27. The van der Waals surface area contributed by atoms with Crippen molar-refractivity contribution in [1.82, 2.24) is 0 Å². The zero-order valence-corrected chi connectivity index (χ0v) is 7.32. The van der Waals surface area contributed by atoms with Crippen molar-refractivity contribution in [2.45, 2.75) is 19.7 Å². The van der Waals surface area contributed by atoms with E-state index in [1.54, 1.807) is 0 Å². The summed E-state index contributed by atoms with van der Waals surface area (Å²) in [6.07, 6.45) is -4.63. The molecule has 5 heteroatoms. The molecule has 0 fully saturated rings. The van der Waals surface area contributed by atoms with E-state index in [1.807, 2.05) is 0 Å². The van der Waals surface area contributed by atoms with E-state index < -0.39 is 29.7 Å². The van der Waals surface area contributed by atoms with Crippen molar-refractivity contribution >= 4 is 0 Å².